The Bertz CT molecular complexity index is 472. The molecule has 0 heterocycles. The van der Waals surface area contributed by atoms with Crippen molar-refractivity contribution in [1.82, 2.24) is 4.90 Å². The fourth-order valence-corrected chi connectivity index (χ4v) is 3.87. The quantitative estimate of drug-likeness (QED) is 0.479. The van der Waals surface area contributed by atoms with Gasteiger partial charge in [0.25, 0.3) is 5.91 Å². The van der Waals surface area contributed by atoms with Crippen LogP contribution in [0.2, 0.25) is 0 Å². The van der Waals surface area contributed by atoms with Crippen molar-refractivity contribution in [3.63, 3.8) is 0 Å². The summed E-state index contributed by atoms with van der Waals surface area (Å²) in [6.45, 7) is 2.86. The molecule has 1 amide bonds. The zero-order valence-corrected chi connectivity index (χ0v) is 15.6. The van der Waals surface area contributed by atoms with Gasteiger partial charge in [-0.05, 0) is 54.0 Å². The van der Waals surface area contributed by atoms with E-state index in [1.807, 2.05) is 12.1 Å². The number of hydrogen-bond donors (Lipinski definition) is 0. The van der Waals surface area contributed by atoms with Crippen LogP contribution in [0.15, 0.2) is 18.2 Å². The highest BCUT2D eigenvalue weighted by Gasteiger charge is 2.26. The van der Waals surface area contributed by atoms with Crippen LogP contribution in [0.25, 0.3) is 0 Å². The van der Waals surface area contributed by atoms with Gasteiger partial charge in [0.15, 0.2) is 0 Å². The van der Waals surface area contributed by atoms with Gasteiger partial charge < -0.3 is 4.90 Å². The van der Waals surface area contributed by atoms with E-state index in [-0.39, 0.29) is 5.91 Å². The smallest absolute Gasteiger partial charge is 0.255 e. The minimum absolute atomic E-state index is 0.199. The summed E-state index contributed by atoms with van der Waals surface area (Å²) >= 11 is 5.79. The first-order valence-electron chi connectivity index (χ1n) is 7.27. The third-order valence-electron chi connectivity index (χ3n) is 4.02. The van der Waals surface area contributed by atoms with Gasteiger partial charge in [0.2, 0.25) is 0 Å². The standard InChI is InChI=1S/C16H21BrINO/c1-12-6-5-9-14(15(12)18)16(20)19(11-10-17)13-7-3-2-4-8-13/h5-6,9,13H,2-4,7-8,10-11H2,1H3. The van der Waals surface area contributed by atoms with Gasteiger partial charge in [-0.15, -0.1) is 0 Å². The first kappa shape index (κ1) is 16.3. The molecule has 2 nitrogen and oxygen atoms in total. The fraction of sp³-hybridized carbons (Fsp3) is 0.562. The Hall–Kier alpha value is -0.100. The van der Waals surface area contributed by atoms with E-state index in [4.69, 9.17) is 0 Å². The van der Waals surface area contributed by atoms with E-state index in [2.05, 4.69) is 56.4 Å². The van der Waals surface area contributed by atoms with Crippen molar-refractivity contribution in [2.45, 2.75) is 45.1 Å². The van der Waals surface area contributed by atoms with Crippen molar-refractivity contribution in [1.29, 1.82) is 0 Å². The van der Waals surface area contributed by atoms with Gasteiger partial charge in [-0.2, -0.15) is 0 Å². The zero-order chi connectivity index (χ0) is 14.5. The van der Waals surface area contributed by atoms with Gasteiger partial charge in [0.05, 0.1) is 5.56 Å². The van der Waals surface area contributed by atoms with Crippen molar-refractivity contribution in [3.05, 3.63) is 32.9 Å². The Balaban J connectivity index is 2.23. The van der Waals surface area contributed by atoms with Crippen molar-refractivity contribution in [2.75, 3.05) is 11.9 Å². The van der Waals surface area contributed by atoms with E-state index in [0.29, 0.717) is 6.04 Å². The number of amides is 1. The van der Waals surface area contributed by atoms with E-state index in [1.165, 1.54) is 24.8 Å². The highest BCUT2D eigenvalue weighted by atomic mass is 127. The van der Waals surface area contributed by atoms with Gasteiger partial charge in [-0.25, -0.2) is 0 Å². The molecule has 0 atom stereocenters. The minimum Gasteiger partial charge on any atom is -0.335 e. The van der Waals surface area contributed by atoms with Crippen LogP contribution >= 0.6 is 38.5 Å². The molecule has 0 radical (unpaired) electrons. The van der Waals surface area contributed by atoms with Gasteiger partial charge in [0, 0.05) is 21.5 Å². The third-order valence-corrected chi connectivity index (χ3v) is 5.81. The maximum absolute atomic E-state index is 12.9. The Labute approximate surface area is 143 Å². The lowest BCUT2D eigenvalue weighted by Gasteiger charge is -2.34. The van der Waals surface area contributed by atoms with E-state index in [1.54, 1.807) is 0 Å². The van der Waals surface area contributed by atoms with Crippen LogP contribution < -0.4 is 0 Å². The molecular weight excluding hydrogens is 429 g/mol. The van der Waals surface area contributed by atoms with Gasteiger partial charge in [0.1, 0.15) is 0 Å². The van der Waals surface area contributed by atoms with Crippen LogP contribution in [-0.2, 0) is 0 Å². The molecule has 2 rings (SSSR count). The predicted molar refractivity (Wildman–Crippen MR) is 95.6 cm³/mol. The van der Waals surface area contributed by atoms with E-state index < -0.39 is 0 Å². The number of carbonyl (C=O) groups excluding carboxylic acids is 1. The molecule has 110 valence electrons. The molecule has 0 unspecified atom stereocenters. The molecule has 1 aromatic rings. The van der Waals surface area contributed by atoms with Crippen molar-refractivity contribution >= 4 is 44.4 Å². The lowest BCUT2D eigenvalue weighted by atomic mass is 9.93. The molecule has 1 aliphatic carbocycles. The number of hydrogen-bond acceptors (Lipinski definition) is 1. The summed E-state index contributed by atoms with van der Waals surface area (Å²) in [6, 6.07) is 6.43. The van der Waals surface area contributed by atoms with Crippen molar-refractivity contribution < 1.29 is 4.79 Å². The number of alkyl halides is 1. The summed E-state index contributed by atoms with van der Waals surface area (Å²) in [4.78, 5) is 15.0. The summed E-state index contributed by atoms with van der Waals surface area (Å²) in [7, 11) is 0. The maximum Gasteiger partial charge on any atom is 0.255 e. The van der Waals surface area contributed by atoms with Crippen LogP contribution in [0.5, 0.6) is 0 Å². The summed E-state index contributed by atoms with van der Waals surface area (Å²) in [5.41, 5.74) is 2.04. The Morgan fingerprint density at radius 3 is 2.70 bits per heavy atom. The molecule has 0 aliphatic heterocycles. The number of halogens is 2. The number of nitrogens with zero attached hydrogens (tertiary/aromatic N) is 1. The number of aryl methyl sites for hydroxylation is 1. The summed E-state index contributed by atoms with van der Waals surface area (Å²) in [5, 5.41) is 0.845. The number of carbonyl (C=O) groups is 1. The SMILES string of the molecule is Cc1cccc(C(=O)N(CCBr)C2CCCCC2)c1I. The predicted octanol–water partition coefficient (Wildman–Crippen LogP) is 4.77. The number of rotatable bonds is 4. The average Bonchev–Trinajstić information content (AvgIpc) is 2.48. The second-order valence-corrected chi connectivity index (χ2v) is 7.29. The molecule has 0 aromatic heterocycles. The lowest BCUT2D eigenvalue weighted by molar-refractivity contribution is 0.0650. The molecule has 20 heavy (non-hydrogen) atoms. The van der Waals surface area contributed by atoms with Crippen LogP contribution in [0.3, 0.4) is 0 Å². The first-order chi connectivity index (χ1) is 9.65. The topological polar surface area (TPSA) is 20.3 Å². The van der Waals surface area contributed by atoms with E-state index in [0.717, 1.165) is 33.9 Å². The molecular formula is C16H21BrINO. The summed E-state index contributed by atoms with van der Waals surface area (Å²) in [5.74, 6) is 0.199. The molecule has 1 fully saturated rings. The molecule has 0 bridgehead atoms. The maximum atomic E-state index is 12.9. The zero-order valence-electron chi connectivity index (χ0n) is 11.9. The molecule has 1 saturated carbocycles. The third kappa shape index (κ3) is 3.75. The minimum atomic E-state index is 0.199. The van der Waals surface area contributed by atoms with Crippen LogP contribution in [0.4, 0.5) is 0 Å². The van der Waals surface area contributed by atoms with Gasteiger partial charge >= 0.3 is 0 Å². The molecule has 1 aromatic carbocycles. The molecule has 0 spiro atoms. The van der Waals surface area contributed by atoms with Crippen LogP contribution in [0.1, 0.15) is 48.0 Å². The second kappa shape index (κ2) is 7.78. The van der Waals surface area contributed by atoms with Crippen LogP contribution in [-0.4, -0.2) is 28.7 Å². The Morgan fingerprint density at radius 1 is 1.35 bits per heavy atom. The van der Waals surface area contributed by atoms with E-state index >= 15 is 0 Å². The van der Waals surface area contributed by atoms with Gasteiger partial charge in [-0.1, -0.05) is 47.3 Å². The number of benzene rings is 1. The van der Waals surface area contributed by atoms with Crippen LogP contribution in [0, 0.1) is 10.5 Å². The van der Waals surface area contributed by atoms with Crippen molar-refractivity contribution in [2.24, 2.45) is 0 Å². The monoisotopic (exact) mass is 449 g/mol. The normalized spacial score (nSPS) is 16.1. The molecule has 4 heteroatoms. The summed E-state index contributed by atoms with van der Waals surface area (Å²) < 4.78 is 1.09. The fourth-order valence-electron chi connectivity index (χ4n) is 2.90. The Morgan fingerprint density at radius 2 is 2.05 bits per heavy atom. The first-order valence-corrected chi connectivity index (χ1v) is 9.47. The molecule has 1 aliphatic rings. The highest BCUT2D eigenvalue weighted by molar-refractivity contribution is 14.1. The highest BCUT2D eigenvalue weighted by Crippen LogP contribution is 2.26. The second-order valence-electron chi connectivity index (χ2n) is 5.42. The molecule has 0 N–H and O–H groups in total. The lowest BCUT2D eigenvalue weighted by Crippen LogP contribution is -2.42. The largest absolute Gasteiger partial charge is 0.335 e. The summed E-state index contributed by atoms with van der Waals surface area (Å²) in [6.07, 6.45) is 6.13. The Kier molecular flexibility index (Phi) is 6.33. The van der Waals surface area contributed by atoms with E-state index in [9.17, 15) is 4.79 Å². The van der Waals surface area contributed by atoms with Gasteiger partial charge in [-0.3, -0.25) is 4.79 Å². The average molecular weight is 450 g/mol. The molecule has 0 saturated heterocycles. The van der Waals surface area contributed by atoms with Crippen molar-refractivity contribution in [3.8, 4) is 0 Å².